The van der Waals surface area contributed by atoms with Crippen molar-refractivity contribution in [3.8, 4) is 5.75 Å². The van der Waals surface area contributed by atoms with Crippen LogP contribution in [0.15, 0.2) is 36.4 Å². The number of fused-ring (bicyclic) bond motifs is 1. The van der Waals surface area contributed by atoms with Crippen molar-refractivity contribution < 1.29 is 28.6 Å². The van der Waals surface area contributed by atoms with Crippen molar-refractivity contribution in [1.29, 1.82) is 0 Å². The largest absolute Gasteiger partial charge is 0.497 e. The van der Waals surface area contributed by atoms with Crippen LogP contribution in [0.4, 0.5) is 5.69 Å². The maximum absolute atomic E-state index is 14.1. The molecule has 9 heteroatoms. The van der Waals surface area contributed by atoms with Crippen molar-refractivity contribution >= 4 is 23.4 Å². The molecule has 38 heavy (non-hydrogen) atoms. The first-order valence-corrected chi connectivity index (χ1v) is 14.0. The van der Waals surface area contributed by atoms with Crippen LogP contribution in [0.1, 0.15) is 45.4 Å². The normalized spacial score (nSPS) is 37.4. The molecule has 4 fully saturated rings. The number of benzene rings is 1. The Morgan fingerprint density at radius 3 is 2.76 bits per heavy atom. The highest BCUT2D eigenvalue weighted by atomic mass is 16.5. The Morgan fingerprint density at radius 2 is 2.00 bits per heavy atom. The second-order valence-corrected chi connectivity index (χ2v) is 11.4. The summed E-state index contributed by atoms with van der Waals surface area (Å²) in [6.07, 6.45) is 9.05. The van der Waals surface area contributed by atoms with E-state index in [-0.39, 0.29) is 29.9 Å². The predicted octanol–water partition coefficient (Wildman–Crippen LogP) is 2.66. The Morgan fingerprint density at radius 1 is 1.16 bits per heavy atom. The number of likely N-dealkylation sites (tertiary alicyclic amines) is 1. The molecule has 1 aromatic rings. The third kappa shape index (κ3) is 4.20. The molecule has 1 saturated carbocycles. The lowest BCUT2D eigenvalue weighted by atomic mass is 9.74. The number of carbonyl (C=O) groups excluding carboxylic acids is 3. The van der Waals surface area contributed by atoms with E-state index in [4.69, 9.17) is 14.2 Å². The maximum Gasteiger partial charge on any atom is 0.246 e. The summed E-state index contributed by atoms with van der Waals surface area (Å²) in [7, 11) is 1.57. The molecule has 1 aliphatic carbocycles. The lowest BCUT2D eigenvalue weighted by Gasteiger charge is -2.36. The Bertz CT molecular complexity index is 1130. The first-order valence-electron chi connectivity index (χ1n) is 14.0. The van der Waals surface area contributed by atoms with Crippen LogP contribution in [0, 0.1) is 17.8 Å². The van der Waals surface area contributed by atoms with Gasteiger partial charge in [0.25, 0.3) is 0 Å². The van der Waals surface area contributed by atoms with Gasteiger partial charge in [0.05, 0.1) is 31.2 Å². The van der Waals surface area contributed by atoms with Crippen molar-refractivity contribution in [2.45, 2.75) is 75.3 Å². The minimum absolute atomic E-state index is 0.0705. The number of ether oxygens (including phenoxy) is 3. The predicted molar refractivity (Wildman–Crippen MR) is 139 cm³/mol. The Kier molecular flexibility index (Phi) is 6.68. The van der Waals surface area contributed by atoms with E-state index < -0.39 is 29.6 Å². The van der Waals surface area contributed by atoms with Gasteiger partial charge in [-0.15, -0.1) is 0 Å². The van der Waals surface area contributed by atoms with Crippen molar-refractivity contribution in [1.82, 2.24) is 10.2 Å². The summed E-state index contributed by atoms with van der Waals surface area (Å²) >= 11 is 0. The van der Waals surface area contributed by atoms with Crippen molar-refractivity contribution in [3.63, 3.8) is 0 Å². The topological polar surface area (TPSA) is 106 Å². The van der Waals surface area contributed by atoms with Crippen molar-refractivity contribution in [2.24, 2.45) is 17.8 Å². The summed E-state index contributed by atoms with van der Waals surface area (Å²) in [6, 6.07) is 6.34. The molecule has 6 unspecified atom stereocenters. The van der Waals surface area contributed by atoms with Crippen LogP contribution in [0.3, 0.4) is 0 Å². The molecule has 4 heterocycles. The van der Waals surface area contributed by atoms with Gasteiger partial charge in [-0.05, 0) is 43.7 Å². The summed E-state index contributed by atoms with van der Waals surface area (Å²) in [5.41, 5.74) is -0.587. The third-order valence-corrected chi connectivity index (χ3v) is 9.13. The summed E-state index contributed by atoms with van der Waals surface area (Å²) < 4.78 is 17.6. The highest BCUT2D eigenvalue weighted by molar-refractivity contribution is 6.02. The monoisotopic (exact) mass is 523 g/mol. The smallest absolute Gasteiger partial charge is 0.246 e. The van der Waals surface area contributed by atoms with Crippen LogP contribution in [-0.2, 0) is 23.9 Å². The molecule has 4 aliphatic heterocycles. The first kappa shape index (κ1) is 25.4. The van der Waals surface area contributed by atoms with E-state index in [1.807, 2.05) is 12.2 Å². The summed E-state index contributed by atoms with van der Waals surface area (Å²) in [4.78, 5) is 43.3. The Labute approximate surface area is 223 Å². The minimum atomic E-state index is -1.17. The van der Waals surface area contributed by atoms with Crippen molar-refractivity contribution in [2.75, 3.05) is 25.6 Å². The molecule has 6 rings (SSSR count). The average Bonchev–Trinajstić information content (AvgIpc) is 3.69. The number of hydrogen-bond donors (Lipinski definition) is 2. The summed E-state index contributed by atoms with van der Waals surface area (Å²) in [5.74, 6) is -1.22. The Balaban J connectivity index is 1.29. The molecule has 3 saturated heterocycles. The van der Waals surface area contributed by atoms with E-state index in [1.54, 1.807) is 36.3 Å². The van der Waals surface area contributed by atoms with Crippen LogP contribution in [-0.4, -0.2) is 72.8 Å². The van der Waals surface area contributed by atoms with E-state index in [2.05, 4.69) is 17.6 Å². The van der Waals surface area contributed by atoms with Gasteiger partial charge in [0, 0.05) is 30.9 Å². The van der Waals surface area contributed by atoms with Gasteiger partial charge in [0.2, 0.25) is 17.7 Å². The fourth-order valence-corrected chi connectivity index (χ4v) is 7.19. The molecule has 9 nitrogen and oxygen atoms in total. The van der Waals surface area contributed by atoms with Gasteiger partial charge in [-0.25, -0.2) is 0 Å². The molecule has 5 aliphatic rings. The molecule has 0 aromatic heterocycles. The number of methoxy groups -OCH3 is 1. The molecule has 1 aromatic carbocycles. The average molecular weight is 524 g/mol. The third-order valence-electron chi connectivity index (χ3n) is 9.13. The van der Waals surface area contributed by atoms with Gasteiger partial charge in [0.1, 0.15) is 17.4 Å². The van der Waals surface area contributed by atoms with E-state index in [9.17, 15) is 14.4 Å². The first-order chi connectivity index (χ1) is 18.4. The molecule has 3 amide bonds. The maximum atomic E-state index is 14.1. The van der Waals surface area contributed by atoms with Gasteiger partial charge in [0.15, 0.2) is 0 Å². The zero-order valence-electron chi connectivity index (χ0n) is 22.1. The number of nitrogens with one attached hydrogen (secondary N) is 2. The number of nitrogens with zero attached hydrogens (tertiary/aromatic N) is 1. The van der Waals surface area contributed by atoms with Crippen LogP contribution < -0.4 is 15.4 Å². The minimum Gasteiger partial charge on any atom is -0.497 e. The van der Waals surface area contributed by atoms with Crippen LogP contribution >= 0.6 is 0 Å². The second kappa shape index (κ2) is 10.0. The van der Waals surface area contributed by atoms with Crippen LogP contribution in [0.5, 0.6) is 5.75 Å². The van der Waals surface area contributed by atoms with Gasteiger partial charge in [-0.2, -0.15) is 0 Å². The summed E-state index contributed by atoms with van der Waals surface area (Å²) in [6.45, 7) is 3.15. The SMILES string of the molecule is COc1cccc(NC(=O)C2[C@H]3C=CC4(O3)C(C(=O)NC3CCCCC3C)N(CC3CCCO3)C(=O)[C@@H]24)c1. The number of hydrogen-bond acceptors (Lipinski definition) is 6. The van der Waals surface area contributed by atoms with Gasteiger partial charge in [-0.1, -0.05) is 38.0 Å². The quantitative estimate of drug-likeness (QED) is 0.533. The highest BCUT2D eigenvalue weighted by Gasteiger charge is 2.73. The van der Waals surface area contributed by atoms with Gasteiger partial charge >= 0.3 is 0 Å². The second-order valence-electron chi connectivity index (χ2n) is 11.4. The van der Waals surface area contributed by atoms with Crippen LogP contribution in [0.2, 0.25) is 0 Å². The van der Waals surface area contributed by atoms with E-state index in [1.165, 1.54) is 6.42 Å². The molecular weight excluding hydrogens is 486 g/mol. The number of amides is 3. The fraction of sp³-hybridized carbons (Fsp3) is 0.621. The highest BCUT2D eigenvalue weighted by Crippen LogP contribution is 2.55. The number of carbonyl (C=O) groups is 3. The lowest BCUT2D eigenvalue weighted by Crippen LogP contribution is -2.58. The lowest BCUT2D eigenvalue weighted by molar-refractivity contribution is -0.143. The molecule has 0 radical (unpaired) electrons. The summed E-state index contributed by atoms with van der Waals surface area (Å²) in [5, 5.41) is 6.22. The molecule has 8 atom stereocenters. The van der Waals surface area contributed by atoms with E-state index in [0.29, 0.717) is 30.5 Å². The van der Waals surface area contributed by atoms with Crippen LogP contribution in [0.25, 0.3) is 0 Å². The zero-order valence-corrected chi connectivity index (χ0v) is 22.1. The van der Waals surface area contributed by atoms with Gasteiger partial charge < -0.3 is 29.7 Å². The molecule has 1 spiro atoms. The molecule has 204 valence electrons. The molecule has 2 N–H and O–H groups in total. The fourth-order valence-electron chi connectivity index (χ4n) is 7.19. The Hall–Kier alpha value is -2.91. The van der Waals surface area contributed by atoms with E-state index >= 15 is 0 Å². The molecular formula is C29H37N3O6. The van der Waals surface area contributed by atoms with Crippen molar-refractivity contribution in [3.05, 3.63) is 36.4 Å². The van der Waals surface area contributed by atoms with E-state index in [0.717, 1.165) is 32.1 Å². The van der Waals surface area contributed by atoms with Gasteiger partial charge in [-0.3, -0.25) is 14.4 Å². The number of anilines is 1. The molecule has 2 bridgehead atoms. The number of rotatable bonds is 7. The standard InChI is InChI=1S/C29H37N3O6/c1-17-7-3-4-11-21(17)31-27(34)25-29-13-12-22(38-29)23(26(33)30-18-8-5-9-19(15-18)36-2)24(29)28(35)32(25)16-20-10-6-14-37-20/h5,8-9,12-13,15,17,20-25H,3-4,6-7,10-11,14,16H2,1-2H3,(H,30,33)(H,31,34)/t17?,20?,21?,22-,23?,24-,25?,29?/m1/s1. The zero-order chi connectivity index (χ0) is 26.4.